The van der Waals surface area contributed by atoms with Crippen molar-refractivity contribution in [2.45, 2.75) is 18.7 Å². The molecule has 1 heterocycles. The molecular formula is C26H29N3O4S. The van der Waals surface area contributed by atoms with Gasteiger partial charge in [-0.05, 0) is 73.5 Å². The minimum atomic E-state index is -3.86. The zero-order valence-corrected chi connectivity index (χ0v) is 20.4. The van der Waals surface area contributed by atoms with Gasteiger partial charge in [-0.1, -0.05) is 18.2 Å². The van der Waals surface area contributed by atoms with E-state index in [1.807, 2.05) is 13.0 Å². The molecular weight excluding hydrogens is 450 g/mol. The van der Waals surface area contributed by atoms with Gasteiger partial charge in [-0.15, -0.1) is 0 Å². The van der Waals surface area contributed by atoms with Crippen molar-refractivity contribution in [2.24, 2.45) is 0 Å². The first-order valence-corrected chi connectivity index (χ1v) is 12.6. The Kier molecular flexibility index (Phi) is 6.79. The van der Waals surface area contributed by atoms with E-state index in [0.29, 0.717) is 30.1 Å². The fourth-order valence-electron chi connectivity index (χ4n) is 4.03. The van der Waals surface area contributed by atoms with Crippen molar-refractivity contribution < 1.29 is 17.9 Å². The zero-order valence-electron chi connectivity index (χ0n) is 19.6. The summed E-state index contributed by atoms with van der Waals surface area (Å²) >= 11 is 0. The van der Waals surface area contributed by atoms with Crippen molar-refractivity contribution >= 4 is 27.3 Å². The fourth-order valence-corrected chi connectivity index (χ4v) is 5.12. The molecule has 0 bridgehead atoms. The molecule has 1 N–H and O–H groups in total. The highest BCUT2D eigenvalue weighted by atomic mass is 32.2. The maximum atomic E-state index is 13.3. The number of ether oxygens (including phenoxy) is 1. The van der Waals surface area contributed by atoms with Gasteiger partial charge >= 0.3 is 0 Å². The number of sulfonamides is 1. The molecule has 1 amide bonds. The predicted molar refractivity (Wildman–Crippen MR) is 134 cm³/mol. The lowest BCUT2D eigenvalue weighted by atomic mass is 10.1. The summed E-state index contributed by atoms with van der Waals surface area (Å²) in [5, 5.41) is 0. The number of hydrogen-bond acceptors (Lipinski definition) is 5. The lowest BCUT2D eigenvalue weighted by Gasteiger charge is -2.36. The topological polar surface area (TPSA) is 78.9 Å². The van der Waals surface area contributed by atoms with E-state index >= 15 is 0 Å². The van der Waals surface area contributed by atoms with E-state index < -0.39 is 10.0 Å². The van der Waals surface area contributed by atoms with Gasteiger partial charge < -0.3 is 14.5 Å². The molecule has 178 valence electrons. The van der Waals surface area contributed by atoms with Crippen LogP contribution in [0.4, 0.5) is 11.4 Å². The van der Waals surface area contributed by atoms with Crippen LogP contribution in [-0.2, 0) is 10.0 Å². The van der Waals surface area contributed by atoms with Gasteiger partial charge in [0, 0.05) is 43.1 Å². The second-order valence-electron chi connectivity index (χ2n) is 8.43. The summed E-state index contributed by atoms with van der Waals surface area (Å²) in [6.45, 7) is 6.50. The molecule has 0 atom stereocenters. The number of hydrogen-bond donors (Lipinski definition) is 1. The molecule has 7 nitrogen and oxygen atoms in total. The van der Waals surface area contributed by atoms with Crippen LogP contribution in [0.1, 0.15) is 21.5 Å². The number of piperazine rings is 1. The predicted octanol–water partition coefficient (Wildman–Crippen LogP) is 4.08. The first-order chi connectivity index (χ1) is 16.3. The normalized spacial score (nSPS) is 14.1. The molecule has 1 fully saturated rings. The van der Waals surface area contributed by atoms with E-state index in [2.05, 4.69) is 34.7 Å². The summed E-state index contributed by atoms with van der Waals surface area (Å²) in [4.78, 5) is 17.4. The van der Waals surface area contributed by atoms with Crippen molar-refractivity contribution in [3.05, 3.63) is 83.4 Å². The standard InChI is InChI=1S/C26H29N3O4S/c1-19-5-4-6-22(17-19)28-13-15-29(16-14-28)26(30)25-18-24(12-7-20(25)2)34(31,32)27-21-8-10-23(33-3)11-9-21/h4-12,17-18,27H,13-16H2,1-3H3. The molecule has 1 saturated heterocycles. The molecule has 3 aromatic rings. The van der Waals surface area contributed by atoms with Crippen molar-refractivity contribution in [1.82, 2.24) is 4.90 Å². The summed E-state index contributed by atoms with van der Waals surface area (Å²) in [6, 6.07) is 19.6. The number of carbonyl (C=O) groups excluding carboxylic acids is 1. The van der Waals surface area contributed by atoms with E-state index in [9.17, 15) is 13.2 Å². The van der Waals surface area contributed by atoms with E-state index in [1.54, 1.807) is 42.3 Å². The number of aryl methyl sites for hydroxylation is 2. The first-order valence-electron chi connectivity index (χ1n) is 11.2. The Morgan fingerprint density at radius 2 is 1.62 bits per heavy atom. The number of anilines is 2. The second-order valence-corrected chi connectivity index (χ2v) is 10.1. The van der Waals surface area contributed by atoms with Crippen LogP contribution in [-0.4, -0.2) is 52.5 Å². The third-order valence-electron chi connectivity index (χ3n) is 6.03. The SMILES string of the molecule is COc1ccc(NS(=O)(=O)c2ccc(C)c(C(=O)N3CCN(c4cccc(C)c4)CC3)c2)cc1. The average molecular weight is 480 g/mol. The van der Waals surface area contributed by atoms with Gasteiger partial charge in [0.05, 0.1) is 12.0 Å². The monoisotopic (exact) mass is 479 g/mol. The van der Waals surface area contributed by atoms with Crippen molar-refractivity contribution in [3.63, 3.8) is 0 Å². The third-order valence-corrected chi connectivity index (χ3v) is 7.40. The van der Waals surface area contributed by atoms with E-state index in [-0.39, 0.29) is 10.8 Å². The Hall–Kier alpha value is -3.52. The van der Waals surface area contributed by atoms with Crippen LogP contribution in [0.5, 0.6) is 5.75 Å². The molecule has 0 aliphatic carbocycles. The summed E-state index contributed by atoms with van der Waals surface area (Å²) in [6.07, 6.45) is 0. The van der Waals surface area contributed by atoms with Crippen LogP contribution < -0.4 is 14.4 Å². The van der Waals surface area contributed by atoms with Crippen LogP contribution in [0.15, 0.2) is 71.6 Å². The Labute approximate surface area is 201 Å². The molecule has 1 aliphatic rings. The van der Waals surface area contributed by atoms with Crippen LogP contribution in [0.2, 0.25) is 0 Å². The molecule has 8 heteroatoms. The Morgan fingerprint density at radius 3 is 2.26 bits per heavy atom. The largest absolute Gasteiger partial charge is 0.497 e. The molecule has 0 aromatic heterocycles. The molecule has 0 unspecified atom stereocenters. The lowest BCUT2D eigenvalue weighted by Crippen LogP contribution is -2.49. The minimum Gasteiger partial charge on any atom is -0.497 e. The van der Waals surface area contributed by atoms with Gasteiger partial charge in [0.25, 0.3) is 15.9 Å². The van der Waals surface area contributed by atoms with Gasteiger partial charge in [0.1, 0.15) is 5.75 Å². The van der Waals surface area contributed by atoms with Gasteiger partial charge in [0.15, 0.2) is 0 Å². The van der Waals surface area contributed by atoms with Crippen molar-refractivity contribution in [2.75, 3.05) is 42.9 Å². The smallest absolute Gasteiger partial charge is 0.261 e. The molecule has 3 aromatic carbocycles. The summed E-state index contributed by atoms with van der Waals surface area (Å²) in [7, 11) is -2.31. The minimum absolute atomic E-state index is 0.0515. The molecule has 34 heavy (non-hydrogen) atoms. The van der Waals surface area contributed by atoms with Gasteiger partial charge in [-0.3, -0.25) is 9.52 Å². The van der Waals surface area contributed by atoms with Crippen molar-refractivity contribution in [1.29, 1.82) is 0 Å². The highest BCUT2D eigenvalue weighted by Crippen LogP contribution is 2.23. The average Bonchev–Trinajstić information content (AvgIpc) is 2.84. The highest BCUT2D eigenvalue weighted by Gasteiger charge is 2.25. The number of rotatable bonds is 6. The summed E-state index contributed by atoms with van der Waals surface area (Å²) in [5.74, 6) is 0.483. The molecule has 4 rings (SSSR count). The van der Waals surface area contributed by atoms with Crippen LogP contribution in [0, 0.1) is 13.8 Å². The zero-order chi connectivity index (χ0) is 24.3. The van der Waals surface area contributed by atoms with E-state index in [4.69, 9.17) is 4.74 Å². The number of nitrogens with one attached hydrogen (secondary N) is 1. The number of methoxy groups -OCH3 is 1. The summed E-state index contributed by atoms with van der Waals surface area (Å²) < 4.78 is 33.6. The quantitative estimate of drug-likeness (QED) is 0.577. The lowest BCUT2D eigenvalue weighted by molar-refractivity contribution is 0.0746. The Morgan fingerprint density at radius 1 is 0.912 bits per heavy atom. The fraction of sp³-hybridized carbons (Fsp3) is 0.269. The van der Waals surface area contributed by atoms with Gasteiger partial charge in [-0.2, -0.15) is 0 Å². The molecule has 0 saturated carbocycles. The maximum absolute atomic E-state index is 13.3. The first kappa shape index (κ1) is 23.6. The third kappa shape index (κ3) is 5.17. The maximum Gasteiger partial charge on any atom is 0.261 e. The van der Waals surface area contributed by atoms with Gasteiger partial charge in [0.2, 0.25) is 0 Å². The number of benzene rings is 3. The van der Waals surface area contributed by atoms with Crippen LogP contribution in [0.25, 0.3) is 0 Å². The molecule has 1 aliphatic heterocycles. The Bertz CT molecular complexity index is 1280. The van der Waals surface area contributed by atoms with Gasteiger partial charge in [-0.25, -0.2) is 8.42 Å². The Balaban J connectivity index is 1.48. The number of amides is 1. The molecule has 0 spiro atoms. The highest BCUT2D eigenvalue weighted by molar-refractivity contribution is 7.92. The number of nitrogens with zero attached hydrogens (tertiary/aromatic N) is 2. The van der Waals surface area contributed by atoms with Crippen LogP contribution >= 0.6 is 0 Å². The van der Waals surface area contributed by atoms with Crippen molar-refractivity contribution in [3.8, 4) is 5.75 Å². The van der Waals surface area contributed by atoms with Crippen LogP contribution in [0.3, 0.4) is 0 Å². The second kappa shape index (κ2) is 9.77. The summed E-state index contributed by atoms with van der Waals surface area (Å²) in [5.41, 5.74) is 3.92. The number of carbonyl (C=O) groups is 1. The van der Waals surface area contributed by atoms with E-state index in [0.717, 1.165) is 24.3 Å². The molecule has 0 radical (unpaired) electrons. The van der Waals surface area contributed by atoms with E-state index in [1.165, 1.54) is 17.7 Å².